The standard InChI is InChI=1S/C23H24N2O5/c1-3-5-6-7-22(27)30-16-21(26)24-18-10-8-17(9-11-18)23(28)25-19-12-14-20(15-13-19)29-4-2/h3,5-15H,4,16H2,1-2H3,(H,24,26)(H,25,28)/b5-3+,7-6+. The van der Waals surface area contributed by atoms with Gasteiger partial charge in [-0.3, -0.25) is 9.59 Å². The molecule has 0 aliphatic carbocycles. The lowest BCUT2D eigenvalue weighted by Gasteiger charge is -2.09. The van der Waals surface area contributed by atoms with Crippen molar-refractivity contribution in [2.75, 3.05) is 23.8 Å². The SMILES string of the molecule is C/C=C/C=C/C(=O)OCC(=O)Nc1ccc(C(=O)Nc2ccc(OCC)cc2)cc1. The minimum atomic E-state index is -0.607. The summed E-state index contributed by atoms with van der Waals surface area (Å²) in [6, 6.07) is 13.4. The van der Waals surface area contributed by atoms with Crippen LogP contribution in [0.5, 0.6) is 5.75 Å². The summed E-state index contributed by atoms with van der Waals surface area (Å²) in [6.07, 6.45) is 6.19. The van der Waals surface area contributed by atoms with Gasteiger partial charge in [0.15, 0.2) is 6.61 Å². The Kier molecular flexibility index (Phi) is 8.86. The second kappa shape index (κ2) is 11.9. The van der Waals surface area contributed by atoms with Crippen LogP contribution in [0.1, 0.15) is 24.2 Å². The first kappa shape index (κ1) is 22.4. The normalized spacial score (nSPS) is 10.7. The van der Waals surface area contributed by atoms with Crippen molar-refractivity contribution >= 4 is 29.2 Å². The molecule has 0 aliphatic heterocycles. The van der Waals surface area contributed by atoms with Gasteiger partial charge in [-0.2, -0.15) is 0 Å². The van der Waals surface area contributed by atoms with Gasteiger partial charge in [0.25, 0.3) is 11.8 Å². The number of hydrogen-bond acceptors (Lipinski definition) is 5. The van der Waals surface area contributed by atoms with Gasteiger partial charge in [0.2, 0.25) is 0 Å². The summed E-state index contributed by atoms with van der Waals surface area (Å²) < 4.78 is 10.2. The van der Waals surface area contributed by atoms with Crippen LogP contribution in [0.25, 0.3) is 0 Å². The van der Waals surface area contributed by atoms with Crippen LogP contribution in [-0.4, -0.2) is 31.0 Å². The van der Waals surface area contributed by atoms with Crippen molar-refractivity contribution in [1.29, 1.82) is 0 Å². The maximum Gasteiger partial charge on any atom is 0.331 e. The topological polar surface area (TPSA) is 93.7 Å². The van der Waals surface area contributed by atoms with Crippen LogP contribution >= 0.6 is 0 Å². The Balaban J connectivity index is 1.84. The van der Waals surface area contributed by atoms with Gasteiger partial charge in [-0.05, 0) is 62.4 Å². The minimum Gasteiger partial charge on any atom is -0.494 e. The summed E-state index contributed by atoms with van der Waals surface area (Å²) in [7, 11) is 0. The zero-order valence-corrected chi connectivity index (χ0v) is 16.9. The van der Waals surface area contributed by atoms with Crippen molar-refractivity contribution in [1.82, 2.24) is 0 Å². The molecule has 0 radical (unpaired) electrons. The largest absolute Gasteiger partial charge is 0.494 e. The fourth-order valence-electron chi connectivity index (χ4n) is 2.34. The Labute approximate surface area is 175 Å². The van der Waals surface area contributed by atoms with E-state index in [1.54, 1.807) is 60.7 Å². The number of carbonyl (C=O) groups excluding carboxylic acids is 3. The highest BCUT2D eigenvalue weighted by atomic mass is 16.5. The van der Waals surface area contributed by atoms with E-state index in [0.717, 1.165) is 5.75 Å². The Bertz CT molecular complexity index is 916. The molecular weight excluding hydrogens is 384 g/mol. The summed E-state index contributed by atoms with van der Waals surface area (Å²) in [5, 5.41) is 5.39. The van der Waals surface area contributed by atoms with E-state index in [9.17, 15) is 14.4 Å². The van der Waals surface area contributed by atoms with Gasteiger partial charge in [-0.1, -0.05) is 18.2 Å². The molecule has 2 aromatic rings. The Morgan fingerprint density at radius 3 is 2.17 bits per heavy atom. The molecule has 30 heavy (non-hydrogen) atoms. The quantitative estimate of drug-likeness (QED) is 0.372. The molecular formula is C23H24N2O5. The molecule has 0 atom stereocenters. The first-order valence-electron chi connectivity index (χ1n) is 9.42. The molecule has 2 rings (SSSR count). The third-order valence-electron chi connectivity index (χ3n) is 3.74. The third-order valence-corrected chi connectivity index (χ3v) is 3.74. The number of amides is 2. The predicted octanol–water partition coefficient (Wildman–Crippen LogP) is 3.95. The summed E-state index contributed by atoms with van der Waals surface area (Å²) in [5.41, 5.74) is 1.56. The number of anilines is 2. The molecule has 0 unspecified atom stereocenters. The van der Waals surface area contributed by atoms with Gasteiger partial charge >= 0.3 is 5.97 Å². The predicted molar refractivity (Wildman–Crippen MR) is 116 cm³/mol. The molecule has 156 valence electrons. The molecule has 0 fully saturated rings. The Morgan fingerprint density at radius 1 is 0.900 bits per heavy atom. The van der Waals surface area contributed by atoms with Gasteiger partial charge < -0.3 is 20.1 Å². The van der Waals surface area contributed by atoms with Crippen molar-refractivity contribution in [3.63, 3.8) is 0 Å². The second-order valence-corrected chi connectivity index (χ2v) is 6.03. The van der Waals surface area contributed by atoms with Crippen LogP contribution in [0.3, 0.4) is 0 Å². The molecule has 7 heteroatoms. The summed E-state index contributed by atoms with van der Waals surface area (Å²) in [5.74, 6) is -0.632. The number of rotatable bonds is 9. The summed E-state index contributed by atoms with van der Waals surface area (Å²) >= 11 is 0. The molecule has 0 heterocycles. The third kappa shape index (κ3) is 7.63. The van der Waals surface area contributed by atoms with Crippen molar-refractivity contribution in [2.24, 2.45) is 0 Å². The van der Waals surface area contributed by atoms with Crippen LogP contribution in [0.2, 0.25) is 0 Å². The zero-order valence-electron chi connectivity index (χ0n) is 16.9. The second-order valence-electron chi connectivity index (χ2n) is 6.03. The van der Waals surface area contributed by atoms with Crippen molar-refractivity contribution in [3.05, 3.63) is 78.4 Å². The van der Waals surface area contributed by atoms with E-state index in [4.69, 9.17) is 9.47 Å². The van der Waals surface area contributed by atoms with E-state index < -0.39 is 18.5 Å². The van der Waals surface area contributed by atoms with E-state index >= 15 is 0 Å². The van der Waals surface area contributed by atoms with Gasteiger partial charge in [0, 0.05) is 23.0 Å². The molecule has 0 bridgehead atoms. The van der Waals surface area contributed by atoms with Gasteiger partial charge in [0.05, 0.1) is 6.61 Å². The van der Waals surface area contributed by atoms with Crippen LogP contribution in [0, 0.1) is 0 Å². The molecule has 7 nitrogen and oxygen atoms in total. The molecule has 2 N–H and O–H groups in total. The molecule has 0 aromatic heterocycles. The molecule has 2 aromatic carbocycles. The summed E-state index contributed by atoms with van der Waals surface area (Å²) in [4.78, 5) is 35.6. The highest BCUT2D eigenvalue weighted by molar-refractivity contribution is 6.04. The first-order valence-corrected chi connectivity index (χ1v) is 9.42. The van der Waals surface area contributed by atoms with Crippen LogP contribution in [-0.2, 0) is 14.3 Å². The minimum absolute atomic E-state index is 0.279. The fraction of sp³-hybridized carbons (Fsp3) is 0.174. The van der Waals surface area contributed by atoms with E-state index in [1.807, 2.05) is 13.8 Å². The van der Waals surface area contributed by atoms with Crippen LogP contribution in [0.15, 0.2) is 72.8 Å². The number of ether oxygens (including phenoxy) is 2. The van der Waals surface area contributed by atoms with Crippen molar-refractivity contribution in [3.8, 4) is 5.75 Å². The lowest BCUT2D eigenvalue weighted by atomic mass is 10.2. The molecule has 0 spiro atoms. The Morgan fingerprint density at radius 2 is 1.53 bits per heavy atom. The van der Waals surface area contributed by atoms with E-state index in [0.29, 0.717) is 23.5 Å². The molecule has 0 saturated carbocycles. The highest BCUT2D eigenvalue weighted by Gasteiger charge is 2.09. The zero-order chi connectivity index (χ0) is 21.8. The van der Waals surface area contributed by atoms with Crippen molar-refractivity contribution in [2.45, 2.75) is 13.8 Å². The lowest BCUT2D eigenvalue weighted by Crippen LogP contribution is -2.20. The maximum absolute atomic E-state index is 12.3. The average molecular weight is 408 g/mol. The van der Waals surface area contributed by atoms with Crippen LogP contribution in [0.4, 0.5) is 11.4 Å². The molecule has 0 aliphatic rings. The molecule has 0 saturated heterocycles. The molecule has 2 amide bonds. The number of esters is 1. The summed E-state index contributed by atoms with van der Waals surface area (Å²) in [6.45, 7) is 3.89. The number of nitrogens with one attached hydrogen (secondary N) is 2. The van der Waals surface area contributed by atoms with Crippen molar-refractivity contribution < 1.29 is 23.9 Å². The smallest absolute Gasteiger partial charge is 0.331 e. The number of carbonyl (C=O) groups is 3. The lowest BCUT2D eigenvalue weighted by molar-refractivity contribution is -0.142. The maximum atomic E-state index is 12.3. The van der Waals surface area contributed by atoms with E-state index in [2.05, 4.69) is 10.6 Å². The highest BCUT2D eigenvalue weighted by Crippen LogP contribution is 2.17. The van der Waals surface area contributed by atoms with Gasteiger partial charge in [0.1, 0.15) is 5.75 Å². The Hall–Kier alpha value is -3.87. The number of hydrogen-bond donors (Lipinski definition) is 2. The number of allylic oxidation sites excluding steroid dienone is 3. The first-order chi connectivity index (χ1) is 14.5. The van der Waals surface area contributed by atoms with Gasteiger partial charge in [-0.25, -0.2) is 4.79 Å². The van der Waals surface area contributed by atoms with E-state index in [1.165, 1.54) is 12.2 Å². The number of benzene rings is 2. The monoisotopic (exact) mass is 408 g/mol. The van der Waals surface area contributed by atoms with E-state index in [-0.39, 0.29) is 5.91 Å². The average Bonchev–Trinajstić information content (AvgIpc) is 2.74. The fourth-order valence-corrected chi connectivity index (χ4v) is 2.34. The van der Waals surface area contributed by atoms with Gasteiger partial charge in [-0.15, -0.1) is 0 Å². The van der Waals surface area contributed by atoms with Crippen LogP contribution < -0.4 is 15.4 Å².